The van der Waals surface area contributed by atoms with Crippen molar-refractivity contribution >= 4 is 33.5 Å². The van der Waals surface area contributed by atoms with Crippen LogP contribution in [-0.2, 0) is 0 Å². The van der Waals surface area contributed by atoms with Crippen LogP contribution in [-0.4, -0.2) is 21.9 Å². The van der Waals surface area contributed by atoms with Crippen LogP contribution in [0.2, 0.25) is 0 Å². The van der Waals surface area contributed by atoms with Gasteiger partial charge in [-0.05, 0) is 40.9 Å². The summed E-state index contributed by atoms with van der Waals surface area (Å²) >= 11 is 3.39. The molecule has 1 saturated carbocycles. The molecule has 0 aliphatic heterocycles. The Morgan fingerprint density at radius 1 is 1.20 bits per heavy atom. The second-order valence-corrected chi connectivity index (χ2v) is 5.50. The summed E-state index contributed by atoms with van der Waals surface area (Å²) in [6.45, 7) is 0. The van der Waals surface area contributed by atoms with E-state index >= 15 is 0 Å². The van der Waals surface area contributed by atoms with Crippen LogP contribution in [0.25, 0.3) is 0 Å². The van der Waals surface area contributed by atoms with Gasteiger partial charge in [0.25, 0.3) is 5.91 Å². The van der Waals surface area contributed by atoms with Crippen molar-refractivity contribution in [2.24, 2.45) is 0 Å². The van der Waals surface area contributed by atoms with Crippen LogP contribution in [0.1, 0.15) is 23.2 Å². The molecule has 1 amide bonds. The number of nitrogens with zero attached hydrogens (tertiary/aromatic N) is 2. The molecule has 0 saturated heterocycles. The highest BCUT2D eigenvalue weighted by Crippen LogP contribution is 2.23. The Morgan fingerprint density at radius 2 is 1.90 bits per heavy atom. The minimum atomic E-state index is -0.227. The van der Waals surface area contributed by atoms with Gasteiger partial charge >= 0.3 is 0 Å². The van der Waals surface area contributed by atoms with E-state index in [1.165, 1.54) is 12.4 Å². The van der Waals surface area contributed by atoms with E-state index < -0.39 is 0 Å². The van der Waals surface area contributed by atoms with Crippen LogP contribution in [0.3, 0.4) is 0 Å². The number of rotatable bonds is 4. The first-order valence-electron chi connectivity index (χ1n) is 6.37. The fourth-order valence-electron chi connectivity index (χ4n) is 1.69. The number of nitrogens with one attached hydrogen (secondary N) is 2. The second kappa shape index (κ2) is 5.58. The lowest BCUT2D eigenvalue weighted by Crippen LogP contribution is -2.14. The van der Waals surface area contributed by atoms with Crippen molar-refractivity contribution in [3.05, 3.63) is 46.7 Å². The van der Waals surface area contributed by atoms with Crippen molar-refractivity contribution in [1.82, 2.24) is 9.97 Å². The Morgan fingerprint density at radius 3 is 2.55 bits per heavy atom. The highest BCUT2D eigenvalue weighted by Gasteiger charge is 2.21. The van der Waals surface area contributed by atoms with Gasteiger partial charge in [0.05, 0.1) is 11.3 Å². The molecule has 2 N–H and O–H groups in total. The molecule has 0 atom stereocenters. The molecule has 3 rings (SSSR count). The number of amides is 1. The monoisotopic (exact) mass is 332 g/mol. The molecule has 0 spiro atoms. The summed E-state index contributed by atoms with van der Waals surface area (Å²) in [7, 11) is 0. The van der Waals surface area contributed by atoms with E-state index in [4.69, 9.17) is 0 Å². The Hall–Kier alpha value is -1.95. The number of aromatic nitrogens is 2. The zero-order chi connectivity index (χ0) is 13.9. The minimum absolute atomic E-state index is 0.227. The van der Waals surface area contributed by atoms with Gasteiger partial charge in [-0.15, -0.1) is 0 Å². The number of benzene rings is 1. The van der Waals surface area contributed by atoms with Crippen LogP contribution >= 0.6 is 15.9 Å². The lowest BCUT2D eigenvalue weighted by atomic mass is 10.3. The van der Waals surface area contributed by atoms with Gasteiger partial charge in [-0.1, -0.05) is 12.1 Å². The van der Waals surface area contributed by atoms with Gasteiger partial charge in [0.15, 0.2) is 0 Å². The molecular formula is C14H13BrN4O. The molecule has 20 heavy (non-hydrogen) atoms. The van der Waals surface area contributed by atoms with E-state index in [0.29, 0.717) is 17.6 Å². The quantitative estimate of drug-likeness (QED) is 0.902. The molecule has 1 aliphatic rings. The van der Waals surface area contributed by atoms with E-state index in [2.05, 4.69) is 36.5 Å². The van der Waals surface area contributed by atoms with E-state index in [1.807, 2.05) is 24.3 Å². The number of halogens is 1. The summed E-state index contributed by atoms with van der Waals surface area (Å²) in [5.41, 5.74) is 1.15. The molecule has 1 aliphatic carbocycles. The van der Waals surface area contributed by atoms with Crippen LogP contribution < -0.4 is 10.6 Å². The van der Waals surface area contributed by atoms with Gasteiger partial charge in [-0.2, -0.15) is 0 Å². The smallest absolute Gasteiger partial charge is 0.258 e. The summed E-state index contributed by atoms with van der Waals surface area (Å²) in [6.07, 6.45) is 5.38. The molecule has 1 aromatic heterocycles. The molecule has 0 radical (unpaired) electrons. The maximum Gasteiger partial charge on any atom is 0.258 e. The molecule has 102 valence electrons. The fourth-order valence-corrected chi connectivity index (χ4v) is 2.07. The van der Waals surface area contributed by atoms with Crippen LogP contribution in [0.4, 0.5) is 11.6 Å². The molecule has 1 fully saturated rings. The van der Waals surface area contributed by atoms with Crippen LogP contribution in [0.15, 0.2) is 41.1 Å². The lowest BCUT2D eigenvalue weighted by Gasteiger charge is -2.07. The molecule has 1 heterocycles. The van der Waals surface area contributed by atoms with Gasteiger partial charge in [-0.25, -0.2) is 9.97 Å². The normalized spacial score (nSPS) is 13.8. The predicted molar refractivity (Wildman–Crippen MR) is 80.8 cm³/mol. The molecular weight excluding hydrogens is 320 g/mol. The number of anilines is 2. The van der Waals surface area contributed by atoms with E-state index in [-0.39, 0.29) is 5.91 Å². The third-order valence-electron chi connectivity index (χ3n) is 2.95. The molecule has 1 aromatic carbocycles. The van der Waals surface area contributed by atoms with Crippen molar-refractivity contribution < 1.29 is 4.79 Å². The van der Waals surface area contributed by atoms with E-state index in [0.717, 1.165) is 23.0 Å². The SMILES string of the molecule is O=C(Nc1ccccc1Br)c1cnc(NC2CC2)nc1. The van der Waals surface area contributed by atoms with Gasteiger partial charge in [-0.3, -0.25) is 4.79 Å². The summed E-state index contributed by atoms with van der Waals surface area (Å²) in [5.74, 6) is 0.347. The Balaban J connectivity index is 1.68. The average Bonchev–Trinajstić information content (AvgIpc) is 3.26. The van der Waals surface area contributed by atoms with Crippen molar-refractivity contribution in [2.75, 3.05) is 10.6 Å². The largest absolute Gasteiger partial charge is 0.351 e. The molecule has 0 unspecified atom stereocenters. The standard InChI is InChI=1S/C14H13BrN4O/c15-11-3-1-2-4-12(11)19-13(20)9-7-16-14(17-8-9)18-10-5-6-10/h1-4,7-8,10H,5-6H2,(H,19,20)(H,16,17,18). The number of carbonyl (C=O) groups is 1. The average molecular weight is 333 g/mol. The van der Waals surface area contributed by atoms with E-state index in [1.54, 1.807) is 0 Å². The molecule has 2 aromatic rings. The summed E-state index contributed by atoms with van der Waals surface area (Å²) in [4.78, 5) is 20.4. The minimum Gasteiger partial charge on any atom is -0.351 e. The fraction of sp³-hybridized carbons (Fsp3) is 0.214. The van der Waals surface area contributed by atoms with Gasteiger partial charge in [0.1, 0.15) is 0 Å². The molecule has 6 heteroatoms. The Kier molecular flexibility index (Phi) is 3.64. The van der Waals surface area contributed by atoms with E-state index in [9.17, 15) is 4.79 Å². The first-order valence-corrected chi connectivity index (χ1v) is 7.16. The Bertz CT molecular complexity index is 625. The van der Waals surface area contributed by atoms with Gasteiger partial charge in [0.2, 0.25) is 5.95 Å². The zero-order valence-electron chi connectivity index (χ0n) is 10.6. The summed E-state index contributed by atoms with van der Waals surface area (Å²) < 4.78 is 0.835. The second-order valence-electron chi connectivity index (χ2n) is 4.65. The molecule has 0 bridgehead atoms. The van der Waals surface area contributed by atoms with Gasteiger partial charge < -0.3 is 10.6 Å². The van der Waals surface area contributed by atoms with Gasteiger partial charge in [0, 0.05) is 22.9 Å². The number of para-hydroxylation sites is 1. The number of carbonyl (C=O) groups excluding carboxylic acids is 1. The van der Waals surface area contributed by atoms with Crippen molar-refractivity contribution in [1.29, 1.82) is 0 Å². The first-order chi connectivity index (χ1) is 9.72. The zero-order valence-corrected chi connectivity index (χ0v) is 12.2. The Labute approximate surface area is 125 Å². The number of hydrogen-bond donors (Lipinski definition) is 2. The van der Waals surface area contributed by atoms with Crippen LogP contribution in [0.5, 0.6) is 0 Å². The highest BCUT2D eigenvalue weighted by atomic mass is 79.9. The van der Waals surface area contributed by atoms with Crippen LogP contribution in [0, 0.1) is 0 Å². The first kappa shape index (κ1) is 13.1. The number of hydrogen-bond acceptors (Lipinski definition) is 4. The summed E-state index contributed by atoms with van der Waals surface area (Å²) in [6, 6.07) is 7.94. The van der Waals surface area contributed by atoms with Crippen molar-refractivity contribution in [2.45, 2.75) is 18.9 Å². The van der Waals surface area contributed by atoms with Crippen molar-refractivity contribution in [3.63, 3.8) is 0 Å². The predicted octanol–water partition coefficient (Wildman–Crippen LogP) is 3.07. The maximum atomic E-state index is 12.1. The third kappa shape index (κ3) is 3.14. The summed E-state index contributed by atoms with van der Waals surface area (Å²) in [5, 5.41) is 5.99. The molecule has 5 nitrogen and oxygen atoms in total. The third-order valence-corrected chi connectivity index (χ3v) is 3.64. The topological polar surface area (TPSA) is 66.9 Å². The maximum absolute atomic E-state index is 12.1. The van der Waals surface area contributed by atoms with Crippen molar-refractivity contribution in [3.8, 4) is 0 Å². The lowest BCUT2D eigenvalue weighted by molar-refractivity contribution is 0.102. The highest BCUT2D eigenvalue weighted by molar-refractivity contribution is 9.10.